The molecule has 0 bridgehead atoms. The van der Waals surface area contributed by atoms with Crippen LogP contribution < -0.4 is 0 Å². The van der Waals surface area contributed by atoms with Gasteiger partial charge in [0.1, 0.15) is 6.04 Å². The Morgan fingerprint density at radius 3 is 2.95 bits per heavy atom. The molecule has 22 heavy (non-hydrogen) atoms. The molecule has 0 aliphatic carbocycles. The topological polar surface area (TPSA) is 59.2 Å². The van der Waals surface area contributed by atoms with Gasteiger partial charge < -0.3 is 9.32 Å². The molecule has 5 nitrogen and oxygen atoms in total. The summed E-state index contributed by atoms with van der Waals surface area (Å²) < 4.78 is 5.80. The largest absolute Gasteiger partial charge is 0.418 e. The van der Waals surface area contributed by atoms with Crippen LogP contribution in [0.1, 0.15) is 37.6 Å². The second-order valence-corrected chi connectivity index (χ2v) is 5.38. The second-order valence-electron chi connectivity index (χ2n) is 5.38. The highest BCUT2D eigenvalue weighted by Crippen LogP contribution is 2.33. The number of allylic oxidation sites excluding steroid dienone is 1. The first-order valence-electron chi connectivity index (χ1n) is 7.59. The molecule has 1 unspecified atom stereocenters. The van der Waals surface area contributed by atoms with Crippen LogP contribution in [0.3, 0.4) is 0 Å². The van der Waals surface area contributed by atoms with Crippen molar-refractivity contribution in [1.29, 1.82) is 0 Å². The summed E-state index contributed by atoms with van der Waals surface area (Å²) in [7, 11) is 0. The third-order valence-electron chi connectivity index (χ3n) is 3.88. The lowest BCUT2D eigenvalue weighted by atomic mass is 10.2. The summed E-state index contributed by atoms with van der Waals surface area (Å²) in [6.07, 6.45) is 4.79. The van der Waals surface area contributed by atoms with Crippen molar-refractivity contribution >= 4 is 5.91 Å². The fourth-order valence-electron chi connectivity index (χ4n) is 2.76. The zero-order chi connectivity index (χ0) is 15.4. The zero-order valence-corrected chi connectivity index (χ0v) is 12.4. The fraction of sp³-hybridized carbons (Fsp3) is 0.353. The lowest BCUT2D eigenvalue weighted by molar-refractivity contribution is -0.132. The Morgan fingerprint density at radius 2 is 2.18 bits per heavy atom. The molecule has 1 aliphatic heterocycles. The summed E-state index contributed by atoms with van der Waals surface area (Å²) in [6, 6.07) is 9.57. The number of aromatic nitrogens is 2. The summed E-state index contributed by atoms with van der Waals surface area (Å²) in [5, 5.41) is 8.27. The molecule has 1 aliphatic rings. The van der Waals surface area contributed by atoms with Crippen LogP contribution in [0, 0.1) is 0 Å². The number of carbonyl (C=O) groups excluding carboxylic acids is 1. The van der Waals surface area contributed by atoms with Crippen molar-refractivity contribution in [1.82, 2.24) is 15.1 Å². The molecular weight excluding hydrogens is 278 g/mol. The van der Waals surface area contributed by atoms with Gasteiger partial charge in [-0.2, -0.15) is 0 Å². The van der Waals surface area contributed by atoms with Gasteiger partial charge in [-0.05, 0) is 31.4 Å². The minimum absolute atomic E-state index is 0.0951. The van der Waals surface area contributed by atoms with Crippen molar-refractivity contribution in [2.75, 3.05) is 6.54 Å². The Hall–Kier alpha value is -2.43. The van der Waals surface area contributed by atoms with Crippen LogP contribution in [0.15, 0.2) is 47.4 Å². The number of hydrogen-bond acceptors (Lipinski definition) is 4. The number of rotatable bonds is 5. The lowest BCUT2D eigenvalue weighted by Gasteiger charge is -2.21. The number of benzene rings is 1. The van der Waals surface area contributed by atoms with E-state index in [-0.39, 0.29) is 11.9 Å². The van der Waals surface area contributed by atoms with Crippen molar-refractivity contribution in [3.8, 4) is 11.5 Å². The number of hydrogen-bond donors (Lipinski definition) is 0. The van der Waals surface area contributed by atoms with Crippen LogP contribution >= 0.6 is 0 Å². The van der Waals surface area contributed by atoms with Gasteiger partial charge >= 0.3 is 0 Å². The van der Waals surface area contributed by atoms with Gasteiger partial charge in [-0.1, -0.05) is 24.3 Å². The van der Waals surface area contributed by atoms with E-state index in [4.69, 9.17) is 4.42 Å². The van der Waals surface area contributed by atoms with Gasteiger partial charge in [-0.3, -0.25) is 4.79 Å². The fourth-order valence-corrected chi connectivity index (χ4v) is 2.76. The molecule has 0 N–H and O–H groups in total. The quantitative estimate of drug-likeness (QED) is 0.794. The molecule has 0 spiro atoms. The highest BCUT2D eigenvalue weighted by molar-refractivity contribution is 5.77. The van der Waals surface area contributed by atoms with Gasteiger partial charge in [0, 0.05) is 18.5 Å². The summed E-state index contributed by atoms with van der Waals surface area (Å²) in [6.45, 7) is 4.42. The van der Waals surface area contributed by atoms with Crippen molar-refractivity contribution in [2.45, 2.75) is 31.7 Å². The van der Waals surface area contributed by atoms with Crippen LogP contribution in [-0.2, 0) is 4.79 Å². The minimum Gasteiger partial charge on any atom is -0.418 e. The maximum absolute atomic E-state index is 12.3. The number of nitrogens with zero attached hydrogens (tertiary/aromatic N) is 3. The predicted molar refractivity (Wildman–Crippen MR) is 82.9 cm³/mol. The minimum atomic E-state index is -0.0951. The van der Waals surface area contributed by atoms with E-state index in [2.05, 4.69) is 16.8 Å². The van der Waals surface area contributed by atoms with E-state index in [9.17, 15) is 4.79 Å². The Labute approximate surface area is 129 Å². The van der Waals surface area contributed by atoms with E-state index in [0.717, 1.165) is 24.9 Å². The first-order valence-corrected chi connectivity index (χ1v) is 7.59. The molecule has 5 heteroatoms. The van der Waals surface area contributed by atoms with Crippen LogP contribution in [0.2, 0.25) is 0 Å². The van der Waals surface area contributed by atoms with Crippen molar-refractivity contribution in [3.63, 3.8) is 0 Å². The Bertz CT molecular complexity index is 651. The molecule has 1 aromatic heterocycles. The monoisotopic (exact) mass is 297 g/mol. The van der Waals surface area contributed by atoms with Gasteiger partial charge in [0.15, 0.2) is 0 Å². The molecule has 2 aromatic rings. The van der Waals surface area contributed by atoms with Crippen LogP contribution in [-0.4, -0.2) is 27.5 Å². The molecule has 1 saturated heterocycles. The highest BCUT2D eigenvalue weighted by Gasteiger charge is 2.33. The van der Waals surface area contributed by atoms with E-state index >= 15 is 0 Å². The summed E-state index contributed by atoms with van der Waals surface area (Å²) >= 11 is 0. The van der Waals surface area contributed by atoms with Gasteiger partial charge in [-0.25, -0.2) is 0 Å². The Balaban J connectivity index is 1.77. The van der Waals surface area contributed by atoms with Crippen molar-refractivity contribution in [3.05, 3.63) is 48.9 Å². The van der Waals surface area contributed by atoms with Crippen LogP contribution in [0.5, 0.6) is 0 Å². The van der Waals surface area contributed by atoms with E-state index in [1.165, 1.54) is 0 Å². The second kappa shape index (κ2) is 6.56. The summed E-state index contributed by atoms with van der Waals surface area (Å²) in [5.74, 6) is 1.16. The first-order chi connectivity index (χ1) is 10.8. The van der Waals surface area contributed by atoms with E-state index in [0.29, 0.717) is 24.6 Å². The summed E-state index contributed by atoms with van der Waals surface area (Å²) in [5.41, 5.74) is 0.892. The molecule has 1 fully saturated rings. The summed E-state index contributed by atoms with van der Waals surface area (Å²) in [4.78, 5) is 14.1. The first kappa shape index (κ1) is 14.5. The van der Waals surface area contributed by atoms with Gasteiger partial charge in [0.25, 0.3) is 0 Å². The van der Waals surface area contributed by atoms with Crippen LogP contribution in [0.4, 0.5) is 0 Å². The number of amides is 1. The van der Waals surface area contributed by atoms with Gasteiger partial charge in [0.05, 0.1) is 0 Å². The lowest BCUT2D eigenvalue weighted by Crippen LogP contribution is -2.30. The molecule has 0 saturated carbocycles. The molecule has 114 valence electrons. The molecule has 1 aromatic carbocycles. The van der Waals surface area contributed by atoms with Crippen LogP contribution in [0.25, 0.3) is 11.5 Å². The molecule has 1 atom stereocenters. The SMILES string of the molecule is C=CCCC(=O)N1CCCC1c1nnc(-c2ccccc2)o1. The zero-order valence-electron chi connectivity index (χ0n) is 12.4. The number of carbonyl (C=O) groups is 1. The standard InChI is InChI=1S/C17H19N3O2/c1-2-3-11-15(21)20-12-7-10-14(20)17-19-18-16(22-17)13-8-5-4-6-9-13/h2,4-6,8-9,14H,1,3,7,10-12H2. The molecule has 2 heterocycles. The maximum Gasteiger partial charge on any atom is 0.247 e. The molecular formula is C17H19N3O2. The maximum atomic E-state index is 12.3. The Morgan fingerprint density at radius 1 is 1.36 bits per heavy atom. The van der Waals surface area contributed by atoms with Crippen molar-refractivity contribution < 1.29 is 9.21 Å². The highest BCUT2D eigenvalue weighted by atomic mass is 16.4. The average Bonchev–Trinajstić information content (AvgIpc) is 3.22. The third kappa shape index (κ3) is 2.93. The normalized spacial score (nSPS) is 17.6. The number of likely N-dealkylation sites (tertiary alicyclic amines) is 1. The molecule has 1 amide bonds. The average molecular weight is 297 g/mol. The molecule has 0 radical (unpaired) electrons. The van der Waals surface area contributed by atoms with E-state index in [1.54, 1.807) is 6.08 Å². The molecule has 3 rings (SSSR count). The van der Waals surface area contributed by atoms with E-state index < -0.39 is 0 Å². The van der Waals surface area contributed by atoms with Crippen molar-refractivity contribution in [2.24, 2.45) is 0 Å². The Kier molecular flexibility index (Phi) is 4.32. The predicted octanol–water partition coefficient (Wildman–Crippen LogP) is 3.37. The smallest absolute Gasteiger partial charge is 0.247 e. The van der Waals surface area contributed by atoms with Gasteiger partial charge in [0.2, 0.25) is 17.7 Å². The van der Waals surface area contributed by atoms with E-state index in [1.807, 2.05) is 35.2 Å². The third-order valence-corrected chi connectivity index (χ3v) is 3.88. The van der Waals surface area contributed by atoms with Gasteiger partial charge in [-0.15, -0.1) is 16.8 Å².